The highest BCUT2D eigenvalue weighted by atomic mass is 16.5. The molecule has 0 spiro atoms. The van der Waals surface area contributed by atoms with Gasteiger partial charge in [-0.15, -0.1) is 0 Å². The molecule has 0 saturated carbocycles. The second-order valence-corrected chi connectivity index (χ2v) is 5.03. The number of carbonyl (C=O) groups is 1. The Morgan fingerprint density at radius 1 is 1.33 bits per heavy atom. The molecular weight excluding hydrogens is 274 g/mol. The largest absolute Gasteiger partial charge is 0.493 e. The van der Waals surface area contributed by atoms with Crippen LogP contribution >= 0.6 is 0 Å². The van der Waals surface area contributed by atoms with Crippen LogP contribution in [0.25, 0.3) is 0 Å². The number of hydrogen-bond donors (Lipinski definition) is 2. The first kappa shape index (κ1) is 15.6. The van der Waals surface area contributed by atoms with Gasteiger partial charge in [0.2, 0.25) is 0 Å². The van der Waals surface area contributed by atoms with Crippen molar-refractivity contribution in [3.8, 4) is 11.5 Å². The van der Waals surface area contributed by atoms with Crippen molar-refractivity contribution < 1.29 is 24.1 Å². The summed E-state index contributed by atoms with van der Waals surface area (Å²) in [6.07, 6.45) is 0.557. The summed E-state index contributed by atoms with van der Waals surface area (Å²) in [4.78, 5) is 11.1. The summed E-state index contributed by atoms with van der Waals surface area (Å²) in [5.41, 5.74) is 1.89. The van der Waals surface area contributed by atoms with Crippen LogP contribution in [0.3, 0.4) is 0 Å². The first-order valence-corrected chi connectivity index (χ1v) is 6.81. The maximum Gasteiger partial charge on any atom is 0.307 e. The van der Waals surface area contributed by atoms with Crippen molar-refractivity contribution in [1.29, 1.82) is 0 Å². The highest BCUT2D eigenvalue weighted by Gasteiger charge is 2.32. The molecule has 2 unspecified atom stereocenters. The first-order valence-electron chi connectivity index (χ1n) is 6.81. The van der Waals surface area contributed by atoms with Crippen LogP contribution in [-0.4, -0.2) is 38.9 Å². The van der Waals surface area contributed by atoms with Crippen LogP contribution in [-0.2, 0) is 16.1 Å². The third-order valence-electron chi connectivity index (χ3n) is 3.83. The number of carboxylic acids is 1. The normalized spacial score (nSPS) is 21.3. The molecule has 21 heavy (non-hydrogen) atoms. The lowest BCUT2D eigenvalue weighted by Crippen LogP contribution is -2.18. The second kappa shape index (κ2) is 6.78. The molecule has 2 N–H and O–H groups in total. The van der Waals surface area contributed by atoms with E-state index in [2.05, 4.69) is 5.32 Å². The van der Waals surface area contributed by atoms with E-state index in [4.69, 9.17) is 19.3 Å². The zero-order valence-electron chi connectivity index (χ0n) is 12.5. The molecule has 1 aromatic rings. The molecule has 6 heteroatoms. The van der Waals surface area contributed by atoms with Crippen molar-refractivity contribution in [3.63, 3.8) is 0 Å². The summed E-state index contributed by atoms with van der Waals surface area (Å²) < 4.78 is 16.0. The molecule has 1 aromatic carbocycles. The van der Waals surface area contributed by atoms with Crippen LogP contribution in [0.1, 0.15) is 23.6 Å². The smallest absolute Gasteiger partial charge is 0.307 e. The summed E-state index contributed by atoms with van der Waals surface area (Å²) in [6.45, 7) is 0.854. The van der Waals surface area contributed by atoms with E-state index >= 15 is 0 Å². The molecular formula is C15H21NO5. The van der Waals surface area contributed by atoms with Gasteiger partial charge in [-0.05, 0) is 18.1 Å². The monoisotopic (exact) mass is 295 g/mol. The molecule has 2 atom stereocenters. The minimum absolute atomic E-state index is 0.0175. The van der Waals surface area contributed by atoms with Gasteiger partial charge in [0, 0.05) is 25.3 Å². The molecule has 116 valence electrons. The highest BCUT2D eigenvalue weighted by Crippen LogP contribution is 2.39. The molecule has 1 aliphatic heterocycles. The van der Waals surface area contributed by atoms with Gasteiger partial charge in [-0.2, -0.15) is 0 Å². The van der Waals surface area contributed by atoms with Gasteiger partial charge in [-0.1, -0.05) is 6.07 Å². The third-order valence-corrected chi connectivity index (χ3v) is 3.83. The molecule has 6 nitrogen and oxygen atoms in total. The molecule has 0 radical (unpaired) electrons. The van der Waals surface area contributed by atoms with Crippen molar-refractivity contribution in [3.05, 3.63) is 23.3 Å². The number of benzene rings is 1. The lowest BCUT2D eigenvalue weighted by molar-refractivity contribution is -0.141. The van der Waals surface area contributed by atoms with Gasteiger partial charge in [-0.25, -0.2) is 0 Å². The Morgan fingerprint density at radius 2 is 2.10 bits per heavy atom. The maximum absolute atomic E-state index is 11.1. The van der Waals surface area contributed by atoms with E-state index in [0.717, 1.165) is 11.1 Å². The second-order valence-electron chi connectivity index (χ2n) is 5.03. The van der Waals surface area contributed by atoms with Crippen LogP contribution in [0.15, 0.2) is 12.1 Å². The van der Waals surface area contributed by atoms with E-state index in [1.54, 1.807) is 21.3 Å². The van der Waals surface area contributed by atoms with Crippen molar-refractivity contribution >= 4 is 5.97 Å². The van der Waals surface area contributed by atoms with Crippen molar-refractivity contribution in [2.75, 3.05) is 27.9 Å². The van der Waals surface area contributed by atoms with E-state index in [1.165, 1.54) is 0 Å². The number of aliphatic carboxylic acids is 1. The molecule has 0 aromatic heterocycles. The first-order chi connectivity index (χ1) is 10.1. The highest BCUT2D eigenvalue weighted by molar-refractivity contribution is 5.71. The molecule has 1 heterocycles. The standard InChI is InChI=1S/C15H21NO5/c1-19-8-11-10(4-5-13(20-2)14(11)21-3)12-6-9(7-16-12)15(17)18/h4-5,9,12,16H,6-8H2,1-3H3,(H,17,18). The summed E-state index contributed by atoms with van der Waals surface area (Å²) in [7, 11) is 4.79. The Hall–Kier alpha value is -1.79. The number of ether oxygens (including phenoxy) is 3. The number of methoxy groups -OCH3 is 3. The van der Waals surface area contributed by atoms with E-state index < -0.39 is 5.97 Å². The Labute approximate surface area is 124 Å². The Bertz CT molecular complexity index is 517. The van der Waals surface area contributed by atoms with Gasteiger partial charge in [0.1, 0.15) is 0 Å². The third kappa shape index (κ3) is 3.11. The molecule has 0 aliphatic carbocycles. The predicted octanol–water partition coefficient (Wildman–Crippen LogP) is 1.59. The van der Waals surface area contributed by atoms with Gasteiger partial charge < -0.3 is 24.6 Å². The molecule has 2 rings (SSSR count). The van der Waals surface area contributed by atoms with Crippen molar-refractivity contribution in [2.24, 2.45) is 5.92 Å². The average molecular weight is 295 g/mol. The molecule has 1 saturated heterocycles. The average Bonchev–Trinajstić information content (AvgIpc) is 2.96. The zero-order valence-corrected chi connectivity index (χ0v) is 12.5. The summed E-state index contributed by atoms with van der Waals surface area (Å²) in [5.74, 6) is 0.149. The van der Waals surface area contributed by atoms with Gasteiger partial charge in [-0.3, -0.25) is 4.79 Å². The van der Waals surface area contributed by atoms with E-state index in [-0.39, 0.29) is 12.0 Å². The number of nitrogens with one attached hydrogen (secondary N) is 1. The van der Waals surface area contributed by atoms with Gasteiger partial charge in [0.05, 0.1) is 26.7 Å². The predicted molar refractivity (Wildman–Crippen MR) is 76.7 cm³/mol. The Kier molecular flexibility index (Phi) is 5.03. The van der Waals surface area contributed by atoms with Gasteiger partial charge in [0.15, 0.2) is 11.5 Å². The number of carboxylic acid groups (broad SMARTS) is 1. The molecule has 1 aliphatic rings. The summed E-state index contributed by atoms with van der Waals surface area (Å²) >= 11 is 0. The number of rotatable bonds is 6. The number of hydrogen-bond acceptors (Lipinski definition) is 5. The quantitative estimate of drug-likeness (QED) is 0.830. The van der Waals surface area contributed by atoms with Crippen molar-refractivity contribution in [1.82, 2.24) is 5.32 Å². The van der Waals surface area contributed by atoms with Gasteiger partial charge >= 0.3 is 5.97 Å². The molecule has 0 bridgehead atoms. The fourth-order valence-corrected chi connectivity index (χ4v) is 2.79. The van der Waals surface area contributed by atoms with Crippen molar-refractivity contribution in [2.45, 2.75) is 19.1 Å². The van der Waals surface area contributed by atoms with E-state index in [1.807, 2.05) is 12.1 Å². The van der Waals surface area contributed by atoms with Crippen LogP contribution in [0, 0.1) is 5.92 Å². The molecule has 1 fully saturated rings. The van der Waals surface area contributed by atoms with Gasteiger partial charge in [0.25, 0.3) is 0 Å². The van der Waals surface area contributed by atoms with E-state index in [9.17, 15) is 4.79 Å². The SMILES string of the molecule is COCc1c(C2CC(C(=O)O)CN2)ccc(OC)c1OC. The Morgan fingerprint density at radius 3 is 2.62 bits per heavy atom. The fourth-order valence-electron chi connectivity index (χ4n) is 2.79. The lowest BCUT2D eigenvalue weighted by atomic mass is 9.95. The lowest BCUT2D eigenvalue weighted by Gasteiger charge is -2.20. The maximum atomic E-state index is 11.1. The fraction of sp³-hybridized carbons (Fsp3) is 0.533. The van der Waals surface area contributed by atoms with Crippen LogP contribution in [0.5, 0.6) is 11.5 Å². The van der Waals surface area contributed by atoms with E-state index in [0.29, 0.717) is 31.1 Å². The molecule has 0 amide bonds. The summed E-state index contributed by atoms with van der Waals surface area (Å²) in [6, 6.07) is 3.76. The van der Waals surface area contributed by atoms with Crippen LogP contribution < -0.4 is 14.8 Å². The topological polar surface area (TPSA) is 77.0 Å². The summed E-state index contributed by atoms with van der Waals surface area (Å²) in [5, 5.41) is 12.4. The Balaban J connectivity index is 2.37. The zero-order chi connectivity index (χ0) is 15.4. The van der Waals surface area contributed by atoms with Crippen LogP contribution in [0.4, 0.5) is 0 Å². The van der Waals surface area contributed by atoms with Crippen LogP contribution in [0.2, 0.25) is 0 Å². The minimum atomic E-state index is -0.765. The minimum Gasteiger partial charge on any atom is -0.493 e.